The Bertz CT molecular complexity index is 98.0. The van der Waals surface area contributed by atoms with E-state index in [2.05, 4.69) is 13.8 Å². The van der Waals surface area contributed by atoms with Gasteiger partial charge in [-0.25, -0.2) is 0 Å². The van der Waals surface area contributed by atoms with Crippen molar-refractivity contribution in [1.82, 2.24) is 0 Å². The second kappa shape index (κ2) is 4.83. The van der Waals surface area contributed by atoms with E-state index in [1.54, 1.807) is 0 Å². The van der Waals surface area contributed by atoms with Crippen molar-refractivity contribution < 1.29 is 0 Å². The molecule has 2 heteroatoms. The molecule has 0 aliphatic rings. The Labute approximate surface area is 77.7 Å². The quantitative estimate of drug-likeness (QED) is 0.640. The molecule has 0 atom stereocenters. The molecule has 4 N–H and O–H groups in total. The molecule has 0 fully saturated rings. The minimum absolute atomic E-state index is 0. The van der Waals surface area contributed by atoms with Gasteiger partial charge in [0.1, 0.15) is 0 Å². The first-order valence-corrected chi connectivity index (χ1v) is 4.52. The SMILES string of the molecule is CC(C)(C)N.CC(C)C(C)(C)N. The smallest absolute Gasteiger partial charge is 0.0120 e. The average Bonchev–Trinajstić information content (AvgIpc) is 1.55. The molecule has 0 heterocycles. The molecule has 0 aromatic carbocycles. The number of rotatable bonds is 1. The molecule has 0 aliphatic heterocycles. The van der Waals surface area contributed by atoms with Gasteiger partial charge in [0, 0.05) is 11.1 Å². The van der Waals surface area contributed by atoms with Crippen LogP contribution in [0.5, 0.6) is 0 Å². The van der Waals surface area contributed by atoms with Crippen LogP contribution in [0.1, 0.15) is 48.5 Å². The summed E-state index contributed by atoms with van der Waals surface area (Å²) in [6.07, 6.45) is 0. The molecule has 0 bridgehead atoms. The molecule has 12 heavy (non-hydrogen) atoms. The largest absolute Gasteiger partial charge is 0.326 e. The highest BCUT2D eigenvalue weighted by atomic mass is 14.7. The summed E-state index contributed by atoms with van der Waals surface area (Å²) in [6, 6.07) is 0. The minimum atomic E-state index is 0. The van der Waals surface area contributed by atoms with Crippen LogP contribution in [0.15, 0.2) is 0 Å². The van der Waals surface area contributed by atoms with Crippen molar-refractivity contribution in [3.05, 3.63) is 0 Å². The Morgan fingerprint density at radius 1 is 0.833 bits per heavy atom. The predicted octanol–water partition coefficient (Wildman–Crippen LogP) is 2.12. The molecule has 0 aromatic rings. The van der Waals surface area contributed by atoms with Gasteiger partial charge in [-0.15, -0.1) is 0 Å². The molecule has 0 saturated carbocycles. The van der Waals surface area contributed by atoms with Gasteiger partial charge in [-0.1, -0.05) is 13.8 Å². The number of hydrogen-bond donors (Lipinski definition) is 2. The lowest BCUT2D eigenvalue weighted by Gasteiger charge is -2.22. The van der Waals surface area contributed by atoms with Gasteiger partial charge in [0.15, 0.2) is 0 Å². The van der Waals surface area contributed by atoms with E-state index >= 15 is 0 Å². The summed E-state index contributed by atoms with van der Waals surface area (Å²) in [7, 11) is 0. The Balaban J connectivity index is 0. The summed E-state index contributed by atoms with van der Waals surface area (Å²) in [5.74, 6) is 0.576. The third-order valence-corrected chi connectivity index (χ3v) is 1.49. The van der Waals surface area contributed by atoms with E-state index in [-0.39, 0.29) is 11.1 Å². The van der Waals surface area contributed by atoms with Crippen LogP contribution in [0, 0.1) is 5.92 Å². The summed E-state index contributed by atoms with van der Waals surface area (Å²) >= 11 is 0. The molecule has 0 saturated heterocycles. The summed E-state index contributed by atoms with van der Waals surface area (Å²) in [5, 5.41) is 0. The van der Waals surface area contributed by atoms with Gasteiger partial charge in [0.05, 0.1) is 0 Å². The maximum absolute atomic E-state index is 5.68. The van der Waals surface area contributed by atoms with Gasteiger partial charge >= 0.3 is 0 Å². The lowest BCUT2D eigenvalue weighted by molar-refractivity contribution is 0.373. The molecule has 0 spiro atoms. The van der Waals surface area contributed by atoms with E-state index in [1.807, 2.05) is 34.6 Å². The third kappa shape index (κ3) is 22.5. The van der Waals surface area contributed by atoms with Crippen LogP contribution in [-0.4, -0.2) is 11.1 Å². The van der Waals surface area contributed by atoms with E-state index in [4.69, 9.17) is 11.5 Å². The van der Waals surface area contributed by atoms with Crippen molar-refractivity contribution >= 4 is 0 Å². The zero-order valence-electron chi connectivity index (χ0n) is 9.73. The van der Waals surface area contributed by atoms with Crippen LogP contribution >= 0.6 is 0 Å². The molecule has 2 nitrogen and oxygen atoms in total. The van der Waals surface area contributed by atoms with Gasteiger partial charge in [0.25, 0.3) is 0 Å². The zero-order valence-corrected chi connectivity index (χ0v) is 9.73. The molecule has 76 valence electrons. The molecule has 0 rings (SSSR count). The Kier molecular flexibility index (Phi) is 5.81. The van der Waals surface area contributed by atoms with Gasteiger partial charge in [-0.3, -0.25) is 0 Å². The Morgan fingerprint density at radius 2 is 0.917 bits per heavy atom. The van der Waals surface area contributed by atoms with Crippen LogP contribution in [0.25, 0.3) is 0 Å². The highest BCUT2D eigenvalue weighted by Gasteiger charge is 2.14. The zero-order chi connectivity index (χ0) is 10.6. The first-order chi connectivity index (χ1) is 4.94. The summed E-state index contributed by atoms with van der Waals surface area (Å²) in [6.45, 7) is 14.2. The molecular weight excluding hydrogens is 148 g/mol. The van der Waals surface area contributed by atoms with Crippen molar-refractivity contribution in [2.24, 2.45) is 17.4 Å². The fourth-order valence-electron chi connectivity index (χ4n) is 0. The molecule has 0 radical (unpaired) electrons. The highest BCUT2D eigenvalue weighted by Crippen LogP contribution is 2.09. The van der Waals surface area contributed by atoms with Crippen LogP contribution in [0.3, 0.4) is 0 Å². The van der Waals surface area contributed by atoms with Gasteiger partial charge in [-0.2, -0.15) is 0 Å². The second-order valence-electron chi connectivity index (χ2n) is 5.34. The van der Waals surface area contributed by atoms with Crippen molar-refractivity contribution in [2.45, 2.75) is 59.5 Å². The van der Waals surface area contributed by atoms with E-state index in [0.29, 0.717) is 5.92 Å². The van der Waals surface area contributed by atoms with Crippen LogP contribution in [-0.2, 0) is 0 Å². The minimum Gasteiger partial charge on any atom is -0.326 e. The molecule has 0 unspecified atom stereocenters. The average molecular weight is 174 g/mol. The maximum Gasteiger partial charge on any atom is 0.0120 e. The van der Waals surface area contributed by atoms with Crippen molar-refractivity contribution in [3.8, 4) is 0 Å². The van der Waals surface area contributed by atoms with Gasteiger partial charge in [0.2, 0.25) is 0 Å². The van der Waals surface area contributed by atoms with Crippen LogP contribution < -0.4 is 11.5 Å². The van der Waals surface area contributed by atoms with Crippen LogP contribution in [0.4, 0.5) is 0 Å². The molecule has 0 aromatic heterocycles. The van der Waals surface area contributed by atoms with E-state index in [9.17, 15) is 0 Å². The van der Waals surface area contributed by atoms with Gasteiger partial charge in [-0.05, 0) is 40.5 Å². The van der Waals surface area contributed by atoms with E-state index in [1.165, 1.54) is 0 Å². The topological polar surface area (TPSA) is 52.0 Å². The fourth-order valence-corrected chi connectivity index (χ4v) is 0. The van der Waals surface area contributed by atoms with Gasteiger partial charge < -0.3 is 11.5 Å². The Hall–Kier alpha value is -0.0800. The van der Waals surface area contributed by atoms with Crippen molar-refractivity contribution in [1.29, 1.82) is 0 Å². The molecular formula is C10H26N2. The van der Waals surface area contributed by atoms with Crippen LogP contribution in [0.2, 0.25) is 0 Å². The normalized spacial score (nSPS) is 12.5. The molecule has 0 amide bonds. The first kappa shape index (κ1) is 14.4. The summed E-state index contributed by atoms with van der Waals surface area (Å²) < 4.78 is 0. The lowest BCUT2D eigenvalue weighted by Crippen LogP contribution is -2.37. The van der Waals surface area contributed by atoms with E-state index in [0.717, 1.165) is 0 Å². The first-order valence-electron chi connectivity index (χ1n) is 4.52. The van der Waals surface area contributed by atoms with E-state index < -0.39 is 0 Å². The maximum atomic E-state index is 5.68. The highest BCUT2D eigenvalue weighted by molar-refractivity contribution is 4.74. The molecule has 0 aliphatic carbocycles. The fraction of sp³-hybridized carbons (Fsp3) is 1.00. The monoisotopic (exact) mass is 174 g/mol. The summed E-state index contributed by atoms with van der Waals surface area (Å²) in [5.41, 5.74) is 11.0. The number of hydrogen-bond acceptors (Lipinski definition) is 2. The third-order valence-electron chi connectivity index (χ3n) is 1.49. The summed E-state index contributed by atoms with van der Waals surface area (Å²) in [4.78, 5) is 0. The second-order valence-corrected chi connectivity index (χ2v) is 5.34. The number of nitrogens with two attached hydrogens (primary N) is 2. The Morgan fingerprint density at radius 3 is 0.917 bits per heavy atom. The van der Waals surface area contributed by atoms with Crippen molar-refractivity contribution in [2.75, 3.05) is 0 Å². The van der Waals surface area contributed by atoms with Crippen molar-refractivity contribution in [3.63, 3.8) is 0 Å². The predicted molar refractivity (Wildman–Crippen MR) is 57.0 cm³/mol. The lowest BCUT2D eigenvalue weighted by atomic mass is 9.92. The standard InChI is InChI=1S/C6H15N.C4H11N/c1-5(2)6(3,4)7;1-4(2,3)5/h5H,7H2,1-4H3;5H2,1-3H3.